The molecular formula is C14H20ClNO3S. The lowest BCUT2D eigenvalue weighted by Crippen LogP contribution is -2.43. The van der Waals surface area contributed by atoms with Crippen LogP contribution in [0.3, 0.4) is 0 Å². The van der Waals surface area contributed by atoms with Crippen LogP contribution in [0.25, 0.3) is 0 Å². The lowest BCUT2D eigenvalue weighted by Gasteiger charge is -2.32. The number of para-hydroxylation sites is 1. The van der Waals surface area contributed by atoms with Crippen molar-refractivity contribution in [2.45, 2.75) is 18.9 Å². The van der Waals surface area contributed by atoms with Crippen LogP contribution in [0, 0.1) is 0 Å². The highest BCUT2D eigenvalue weighted by molar-refractivity contribution is 7.90. The second-order valence-corrected chi connectivity index (χ2v) is 7.91. The summed E-state index contributed by atoms with van der Waals surface area (Å²) in [6.07, 6.45) is 3.33. The van der Waals surface area contributed by atoms with Crippen molar-refractivity contribution < 1.29 is 13.2 Å². The maximum Gasteiger partial charge on any atom is 0.148 e. The third-order valence-corrected chi connectivity index (χ3v) is 4.61. The van der Waals surface area contributed by atoms with Gasteiger partial charge < -0.3 is 4.74 Å². The summed E-state index contributed by atoms with van der Waals surface area (Å²) in [4.78, 5) is 2.14. The predicted molar refractivity (Wildman–Crippen MR) is 81.3 cm³/mol. The Morgan fingerprint density at radius 1 is 1.40 bits per heavy atom. The van der Waals surface area contributed by atoms with Gasteiger partial charge in [0, 0.05) is 19.3 Å². The minimum absolute atomic E-state index is 0.0724. The van der Waals surface area contributed by atoms with Crippen LogP contribution < -0.4 is 4.74 Å². The molecule has 6 heteroatoms. The van der Waals surface area contributed by atoms with Crippen LogP contribution in [0.2, 0.25) is 5.02 Å². The van der Waals surface area contributed by atoms with E-state index in [4.69, 9.17) is 16.3 Å². The van der Waals surface area contributed by atoms with E-state index in [1.807, 2.05) is 18.2 Å². The fraction of sp³-hybridized carbons (Fsp3) is 0.571. The maximum atomic E-state index is 11.2. The van der Waals surface area contributed by atoms with Crippen molar-refractivity contribution in [3.8, 4) is 5.75 Å². The molecule has 0 aromatic heterocycles. The lowest BCUT2D eigenvalue weighted by atomic mass is 10.1. The van der Waals surface area contributed by atoms with Gasteiger partial charge in [0.05, 0.1) is 10.8 Å². The van der Waals surface area contributed by atoms with Crippen molar-refractivity contribution >= 4 is 21.4 Å². The minimum atomic E-state index is -2.91. The van der Waals surface area contributed by atoms with Crippen LogP contribution in [0.15, 0.2) is 24.3 Å². The molecular weight excluding hydrogens is 298 g/mol. The average molecular weight is 318 g/mol. The molecule has 1 atom stereocenters. The number of nitrogens with zero attached hydrogens (tertiary/aromatic N) is 1. The Morgan fingerprint density at radius 2 is 2.15 bits per heavy atom. The third-order valence-electron chi connectivity index (χ3n) is 3.37. The van der Waals surface area contributed by atoms with Crippen LogP contribution in [0.4, 0.5) is 0 Å². The standard InChI is InChI=1S/C14H20ClNO3S/c1-20(17,18)10-9-16-8-4-5-12(11-16)19-14-7-3-2-6-13(14)15/h2-3,6-7,12H,4-5,8-11H2,1H3. The number of sulfone groups is 1. The fourth-order valence-electron chi connectivity index (χ4n) is 2.33. The molecule has 112 valence electrons. The molecule has 0 spiro atoms. The molecule has 0 amide bonds. The SMILES string of the molecule is CS(=O)(=O)CCN1CCCC(Oc2ccccc2Cl)C1. The van der Waals surface area contributed by atoms with Crippen LogP contribution in [0.5, 0.6) is 5.75 Å². The largest absolute Gasteiger partial charge is 0.488 e. The Balaban J connectivity index is 1.89. The highest BCUT2D eigenvalue weighted by atomic mass is 35.5. The van der Waals surface area contributed by atoms with Gasteiger partial charge in [-0.05, 0) is 31.5 Å². The Morgan fingerprint density at radius 3 is 2.85 bits per heavy atom. The molecule has 0 N–H and O–H groups in total. The highest BCUT2D eigenvalue weighted by Crippen LogP contribution is 2.26. The molecule has 1 heterocycles. The van der Waals surface area contributed by atoms with E-state index in [0.29, 0.717) is 17.3 Å². The van der Waals surface area contributed by atoms with Crippen LogP contribution >= 0.6 is 11.6 Å². The first-order valence-electron chi connectivity index (χ1n) is 6.75. The van der Waals surface area contributed by atoms with Crippen molar-refractivity contribution in [1.29, 1.82) is 0 Å². The van der Waals surface area contributed by atoms with Gasteiger partial charge in [-0.3, -0.25) is 4.90 Å². The van der Waals surface area contributed by atoms with E-state index < -0.39 is 9.84 Å². The van der Waals surface area contributed by atoms with Crippen LogP contribution in [-0.4, -0.2) is 51.1 Å². The zero-order valence-electron chi connectivity index (χ0n) is 11.6. The third kappa shape index (κ3) is 4.96. The fourth-order valence-corrected chi connectivity index (χ4v) is 3.10. The maximum absolute atomic E-state index is 11.2. The predicted octanol–water partition coefficient (Wildman–Crippen LogP) is 2.23. The van der Waals surface area contributed by atoms with E-state index in [2.05, 4.69) is 4.90 Å². The number of benzene rings is 1. The average Bonchev–Trinajstić information content (AvgIpc) is 2.39. The van der Waals surface area contributed by atoms with E-state index >= 15 is 0 Å². The van der Waals surface area contributed by atoms with Crippen molar-refractivity contribution in [2.24, 2.45) is 0 Å². The minimum Gasteiger partial charge on any atom is -0.488 e. The second-order valence-electron chi connectivity index (χ2n) is 5.24. The van der Waals surface area contributed by atoms with E-state index in [9.17, 15) is 8.42 Å². The van der Waals surface area contributed by atoms with Crippen molar-refractivity contribution in [3.63, 3.8) is 0 Å². The Hall–Kier alpha value is -0.780. The summed E-state index contributed by atoms with van der Waals surface area (Å²) in [5, 5.41) is 0.612. The van der Waals surface area contributed by atoms with E-state index in [1.54, 1.807) is 6.07 Å². The summed E-state index contributed by atoms with van der Waals surface area (Å²) in [6, 6.07) is 7.43. The van der Waals surface area contributed by atoms with Gasteiger partial charge in [-0.2, -0.15) is 0 Å². The molecule has 1 fully saturated rings. The van der Waals surface area contributed by atoms with Gasteiger partial charge in [0.25, 0.3) is 0 Å². The summed E-state index contributed by atoms with van der Waals surface area (Å²) < 4.78 is 28.4. The number of halogens is 1. The number of likely N-dealkylation sites (tertiary alicyclic amines) is 1. The number of rotatable bonds is 5. The molecule has 1 unspecified atom stereocenters. The van der Waals surface area contributed by atoms with Gasteiger partial charge in [-0.1, -0.05) is 23.7 Å². The molecule has 1 aliphatic rings. The van der Waals surface area contributed by atoms with Gasteiger partial charge in [-0.25, -0.2) is 8.42 Å². The first kappa shape index (κ1) is 15.6. The second kappa shape index (κ2) is 6.78. The molecule has 0 aliphatic carbocycles. The highest BCUT2D eigenvalue weighted by Gasteiger charge is 2.22. The summed E-state index contributed by atoms with van der Waals surface area (Å²) >= 11 is 6.08. The molecule has 20 heavy (non-hydrogen) atoms. The van der Waals surface area contributed by atoms with Gasteiger partial charge in [0.15, 0.2) is 0 Å². The van der Waals surface area contributed by atoms with Gasteiger partial charge in [0.1, 0.15) is 21.7 Å². The lowest BCUT2D eigenvalue weighted by molar-refractivity contribution is 0.0924. The molecule has 1 aliphatic heterocycles. The molecule has 1 aromatic rings. The van der Waals surface area contributed by atoms with Gasteiger partial charge >= 0.3 is 0 Å². The molecule has 1 aromatic carbocycles. The van der Waals surface area contributed by atoms with E-state index in [-0.39, 0.29) is 11.9 Å². The van der Waals surface area contributed by atoms with Crippen molar-refractivity contribution in [3.05, 3.63) is 29.3 Å². The Kier molecular flexibility index (Phi) is 5.29. The molecule has 4 nitrogen and oxygen atoms in total. The van der Waals surface area contributed by atoms with Gasteiger partial charge in [0.2, 0.25) is 0 Å². The first-order valence-corrected chi connectivity index (χ1v) is 9.19. The zero-order valence-corrected chi connectivity index (χ0v) is 13.2. The molecule has 0 bridgehead atoms. The number of piperidine rings is 1. The van der Waals surface area contributed by atoms with E-state index in [0.717, 1.165) is 25.9 Å². The first-order chi connectivity index (χ1) is 9.44. The summed E-state index contributed by atoms with van der Waals surface area (Å²) in [5.74, 6) is 0.898. The Bertz CT molecular complexity index is 547. The summed E-state index contributed by atoms with van der Waals surface area (Å²) in [7, 11) is -2.91. The van der Waals surface area contributed by atoms with Gasteiger partial charge in [-0.15, -0.1) is 0 Å². The quantitative estimate of drug-likeness (QED) is 0.835. The smallest absolute Gasteiger partial charge is 0.148 e. The van der Waals surface area contributed by atoms with Crippen LogP contribution in [0.1, 0.15) is 12.8 Å². The number of hydrogen-bond acceptors (Lipinski definition) is 4. The number of hydrogen-bond donors (Lipinski definition) is 0. The van der Waals surface area contributed by atoms with E-state index in [1.165, 1.54) is 6.26 Å². The van der Waals surface area contributed by atoms with Crippen LogP contribution in [-0.2, 0) is 9.84 Å². The molecule has 1 saturated heterocycles. The van der Waals surface area contributed by atoms with Crippen molar-refractivity contribution in [1.82, 2.24) is 4.90 Å². The molecule has 2 rings (SSSR count). The van der Waals surface area contributed by atoms with Crippen molar-refractivity contribution in [2.75, 3.05) is 31.6 Å². The zero-order chi connectivity index (χ0) is 14.6. The normalized spacial score (nSPS) is 20.8. The number of ether oxygens (including phenoxy) is 1. The topological polar surface area (TPSA) is 46.6 Å². The molecule has 0 radical (unpaired) electrons. The summed E-state index contributed by atoms with van der Waals surface area (Å²) in [6.45, 7) is 2.25. The Labute approximate surface area is 125 Å². The summed E-state index contributed by atoms with van der Waals surface area (Å²) in [5.41, 5.74) is 0. The molecule has 0 saturated carbocycles. The monoisotopic (exact) mass is 317 g/mol.